The Bertz CT molecular complexity index is 1620. The van der Waals surface area contributed by atoms with Crippen LogP contribution >= 0.6 is 0 Å². The van der Waals surface area contributed by atoms with Crippen LogP contribution in [0.3, 0.4) is 0 Å². The summed E-state index contributed by atoms with van der Waals surface area (Å²) in [6.07, 6.45) is 90.5. The van der Waals surface area contributed by atoms with Crippen molar-refractivity contribution >= 4 is 17.9 Å². The average molecular weight is 1080 g/mol. The molecule has 0 saturated heterocycles. The largest absolute Gasteiger partial charge is 0.462 e. The summed E-state index contributed by atoms with van der Waals surface area (Å²) >= 11 is 0. The number of unbranched alkanes of at least 4 members (excludes halogenated alkanes) is 27. The van der Waals surface area contributed by atoms with Crippen LogP contribution < -0.4 is 0 Å². The van der Waals surface area contributed by atoms with Crippen LogP contribution in [-0.2, 0) is 28.6 Å². The summed E-state index contributed by atoms with van der Waals surface area (Å²) in [5.41, 5.74) is 0. The lowest BCUT2D eigenvalue weighted by atomic mass is 10.0. The SMILES string of the molecule is CC/C=C\C/C=C\C/C=C\C/C=C\C/C=C\CCCCCCCCCC(=O)OCC(COC(=O)CCCCCCCCCCCCCCCC)OC(=O)CCCCCCCCC/C=C\C/C=C\C/C=C\C/C=C\C/C=C\CC. The van der Waals surface area contributed by atoms with E-state index < -0.39 is 6.10 Å². The van der Waals surface area contributed by atoms with Gasteiger partial charge in [0.25, 0.3) is 0 Å². The molecule has 0 aliphatic heterocycles. The van der Waals surface area contributed by atoms with Crippen molar-refractivity contribution in [3.63, 3.8) is 0 Å². The van der Waals surface area contributed by atoms with Crippen LogP contribution in [0.4, 0.5) is 0 Å². The molecular weight excluding hydrogens is 961 g/mol. The molecule has 0 rings (SSSR count). The highest BCUT2D eigenvalue weighted by Gasteiger charge is 2.19. The van der Waals surface area contributed by atoms with Gasteiger partial charge in [-0.1, -0.05) is 290 Å². The Morgan fingerprint density at radius 1 is 0.269 bits per heavy atom. The molecule has 0 N–H and O–H groups in total. The van der Waals surface area contributed by atoms with E-state index in [0.717, 1.165) is 135 Å². The molecular formula is C72H120O6. The number of carbonyl (C=O) groups excluding carboxylic acids is 3. The lowest BCUT2D eigenvalue weighted by Crippen LogP contribution is -2.30. The smallest absolute Gasteiger partial charge is 0.306 e. The first-order valence-electron chi connectivity index (χ1n) is 32.5. The zero-order valence-electron chi connectivity index (χ0n) is 50.9. The zero-order chi connectivity index (χ0) is 56.4. The molecule has 0 heterocycles. The van der Waals surface area contributed by atoms with E-state index in [2.05, 4.69) is 142 Å². The van der Waals surface area contributed by atoms with Crippen LogP contribution in [0.5, 0.6) is 0 Å². The fourth-order valence-corrected chi connectivity index (χ4v) is 8.91. The molecule has 0 aromatic rings. The second-order valence-corrected chi connectivity index (χ2v) is 21.3. The fourth-order valence-electron chi connectivity index (χ4n) is 8.91. The minimum Gasteiger partial charge on any atom is -0.462 e. The Labute approximate surface area is 482 Å². The van der Waals surface area contributed by atoms with Gasteiger partial charge < -0.3 is 14.2 Å². The molecule has 0 aromatic carbocycles. The van der Waals surface area contributed by atoms with E-state index in [-0.39, 0.29) is 31.1 Å². The Balaban J connectivity index is 4.41. The average Bonchev–Trinajstić information content (AvgIpc) is 3.44. The molecule has 0 aromatic heterocycles. The standard InChI is InChI=1S/C72H120O6/c1-4-7-10-13-16-19-22-25-28-30-32-34-36-38-40-42-44-47-50-53-56-59-62-65-71(74)77-68-69(67-76-70(73)64-61-58-55-52-49-46-27-24-21-18-15-12-9-6-3)78-72(75)66-63-60-57-54-51-48-45-43-41-39-37-35-33-31-29-26-23-20-17-14-11-8-5-2/h7-8,10-11,16-17,19-20,25-26,28-29,32-35,38-41,69H,4-6,9,12-15,18,21-24,27,30-31,36-37,42-68H2,1-3H3/b10-7-,11-8-,19-16-,20-17-,28-25-,29-26-,34-32-,35-33-,40-38-,41-39-. The lowest BCUT2D eigenvalue weighted by molar-refractivity contribution is -0.167. The molecule has 6 heteroatoms. The highest BCUT2D eigenvalue weighted by molar-refractivity contribution is 5.71. The maximum absolute atomic E-state index is 12.9. The van der Waals surface area contributed by atoms with E-state index in [1.807, 2.05) is 0 Å². The third kappa shape index (κ3) is 62.7. The summed E-state index contributed by atoms with van der Waals surface area (Å²) in [6.45, 7) is 6.42. The summed E-state index contributed by atoms with van der Waals surface area (Å²) in [5, 5.41) is 0. The first kappa shape index (κ1) is 73.8. The molecule has 0 amide bonds. The normalized spacial score (nSPS) is 12.9. The van der Waals surface area contributed by atoms with Crippen molar-refractivity contribution in [1.29, 1.82) is 0 Å². The highest BCUT2D eigenvalue weighted by atomic mass is 16.6. The molecule has 6 nitrogen and oxygen atoms in total. The number of allylic oxidation sites excluding steroid dienone is 20. The van der Waals surface area contributed by atoms with Crippen LogP contribution in [0.1, 0.15) is 297 Å². The number of hydrogen-bond donors (Lipinski definition) is 0. The number of ether oxygens (including phenoxy) is 3. The van der Waals surface area contributed by atoms with Gasteiger partial charge in [-0.15, -0.1) is 0 Å². The Morgan fingerprint density at radius 3 is 0.782 bits per heavy atom. The fraction of sp³-hybridized carbons (Fsp3) is 0.681. The lowest BCUT2D eigenvalue weighted by Gasteiger charge is -2.18. The van der Waals surface area contributed by atoms with Gasteiger partial charge in [0, 0.05) is 19.3 Å². The van der Waals surface area contributed by atoms with Crippen molar-refractivity contribution in [2.24, 2.45) is 0 Å². The predicted molar refractivity (Wildman–Crippen MR) is 339 cm³/mol. The molecule has 0 spiro atoms. The summed E-state index contributed by atoms with van der Waals surface area (Å²) in [7, 11) is 0. The van der Waals surface area contributed by atoms with Gasteiger partial charge in [-0.25, -0.2) is 0 Å². The highest BCUT2D eigenvalue weighted by Crippen LogP contribution is 2.16. The molecule has 0 radical (unpaired) electrons. The predicted octanol–water partition coefficient (Wildman–Crippen LogP) is 22.4. The maximum atomic E-state index is 12.9. The second kappa shape index (κ2) is 65.3. The second-order valence-electron chi connectivity index (χ2n) is 21.3. The minimum atomic E-state index is -0.792. The van der Waals surface area contributed by atoms with E-state index in [0.29, 0.717) is 19.3 Å². The maximum Gasteiger partial charge on any atom is 0.306 e. The molecule has 0 bridgehead atoms. The van der Waals surface area contributed by atoms with E-state index >= 15 is 0 Å². The monoisotopic (exact) mass is 1080 g/mol. The summed E-state index contributed by atoms with van der Waals surface area (Å²) < 4.78 is 16.9. The van der Waals surface area contributed by atoms with Crippen LogP contribution in [0.15, 0.2) is 122 Å². The Hall–Kier alpha value is -4.19. The van der Waals surface area contributed by atoms with Crippen LogP contribution in [0.2, 0.25) is 0 Å². The summed E-state index contributed by atoms with van der Waals surface area (Å²) in [4.78, 5) is 38.4. The van der Waals surface area contributed by atoms with Gasteiger partial charge in [-0.3, -0.25) is 14.4 Å². The molecule has 1 unspecified atom stereocenters. The quantitative estimate of drug-likeness (QED) is 0.0261. The van der Waals surface area contributed by atoms with Gasteiger partial charge in [0.2, 0.25) is 0 Å². The summed E-state index contributed by atoms with van der Waals surface area (Å²) in [6, 6.07) is 0. The first-order valence-corrected chi connectivity index (χ1v) is 32.5. The zero-order valence-corrected chi connectivity index (χ0v) is 50.9. The molecule has 0 saturated carbocycles. The van der Waals surface area contributed by atoms with Gasteiger partial charge >= 0.3 is 17.9 Å². The van der Waals surface area contributed by atoms with Gasteiger partial charge in [-0.2, -0.15) is 0 Å². The van der Waals surface area contributed by atoms with E-state index in [4.69, 9.17) is 14.2 Å². The number of hydrogen-bond acceptors (Lipinski definition) is 6. The van der Waals surface area contributed by atoms with Crippen molar-refractivity contribution in [3.05, 3.63) is 122 Å². The van der Waals surface area contributed by atoms with Gasteiger partial charge in [0.15, 0.2) is 6.10 Å². The number of esters is 3. The van der Waals surface area contributed by atoms with Gasteiger partial charge in [0.05, 0.1) is 0 Å². The van der Waals surface area contributed by atoms with Crippen LogP contribution in [0.25, 0.3) is 0 Å². The van der Waals surface area contributed by atoms with Gasteiger partial charge in [-0.05, 0) is 109 Å². The first-order chi connectivity index (χ1) is 38.5. The molecule has 1 atom stereocenters. The Kier molecular flexibility index (Phi) is 61.8. The molecule has 0 aliphatic carbocycles. The summed E-state index contributed by atoms with van der Waals surface area (Å²) in [5.74, 6) is -0.901. The van der Waals surface area contributed by atoms with E-state index in [9.17, 15) is 14.4 Å². The van der Waals surface area contributed by atoms with Crippen LogP contribution in [0, 0.1) is 0 Å². The van der Waals surface area contributed by atoms with Crippen LogP contribution in [-0.4, -0.2) is 37.2 Å². The molecule has 0 fully saturated rings. The van der Waals surface area contributed by atoms with Crippen molar-refractivity contribution < 1.29 is 28.6 Å². The minimum absolute atomic E-state index is 0.0862. The van der Waals surface area contributed by atoms with Gasteiger partial charge in [0.1, 0.15) is 13.2 Å². The Morgan fingerprint density at radius 2 is 0.500 bits per heavy atom. The van der Waals surface area contributed by atoms with Crippen molar-refractivity contribution in [3.8, 4) is 0 Å². The third-order valence-corrected chi connectivity index (χ3v) is 13.7. The number of rotatable bonds is 58. The third-order valence-electron chi connectivity index (χ3n) is 13.7. The van der Waals surface area contributed by atoms with E-state index in [1.54, 1.807) is 0 Å². The van der Waals surface area contributed by atoms with Crippen molar-refractivity contribution in [1.82, 2.24) is 0 Å². The molecule has 444 valence electrons. The molecule has 78 heavy (non-hydrogen) atoms. The van der Waals surface area contributed by atoms with Crippen molar-refractivity contribution in [2.75, 3.05) is 13.2 Å². The topological polar surface area (TPSA) is 78.9 Å². The molecule has 0 aliphatic rings. The number of carbonyl (C=O) groups is 3. The van der Waals surface area contributed by atoms with Crippen molar-refractivity contribution in [2.45, 2.75) is 303 Å². The van der Waals surface area contributed by atoms with E-state index in [1.165, 1.54) is 122 Å².